The van der Waals surface area contributed by atoms with Crippen molar-refractivity contribution in [2.75, 3.05) is 33.3 Å². The third-order valence-electron chi connectivity index (χ3n) is 3.58. The number of phenolic OH excluding ortho intramolecular Hbond substituents is 1. The summed E-state index contributed by atoms with van der Waals surface area (Å²) in [5.41, 5.74) is 1.00. The Morgan fingerprint density at radius 1 is 1.39 bits per heavy atom. The van der Waals surface area contributed by atoms with E-state index in [2.05, 4.69) is 17.1 Å². The Kier molecular flexibility index (Phi) is 4.44. The SMILES string of the molecule is CC[C@@H](c1ccc(OC)cc1O)N1CCNCC1. The summed E-state index contributed by atoms with van der Waals surface area (Å²) in [5.74, 6) is 1.03. The quantitative estimate of drug-likeness (QED) is 0.854. The number of aromatic hydroxyl groups is 1. The van der Waals surface area contributed by atoms with Gasteiger partial charge in [-0.2, -0.15) is 0 Å². The van der Waals surface area contributed by atoms with E-state index >= 15 is 0 Å². The highest BCUT2D eigenvalue weighted by Crippen LogP contribution is 2.33. The van der Waals surface area contributed by atoms with Crippen LogP contribution in [0.3, 0.4) is 0 Å². The standard InChI is InChI=1S/C14H22N2O2/c1-3-13(16-8-6-15-7-9-16)12-5-4-11(18-2)10-14(12)17/h4-5,10,13,15,17H,3,6-9H2,1-2H3/t13-/m0/s1. The van der Waals surface area contributed by atoms with E-state index in [-0.39, 0.29) is 6.04 Å². The molecular weight excluding hydrogens is 228 g/mol. The second kappa shape index (κ2) is 6.07. The van der Waals surface area contributed by atoms with Crippen molar-refractivity contribution in [1.82, 2.24) is 10.2 Å². The minimum atomic E-state index is 0.290. The smallest absolute Gasteiger partial charge is 0.124 e. The van der Waals surface area contributed by atoms with Crippen LogP contribution < -0.4 is 10.1 Å². The summed E-state index contributed by atoms with van der Waals surface area (Å²) in [5, 5.41) is 13.5. The highest BCUT2D eigenvalue weighted by atomic mass is 16.5. The molecule has 0 aromatic heterocycles. The lowest BCUT2D eigenvalue weighted by atomic mass is 10.0. The van der Waals surface area contributed by atoms with Gasteiger partial charge in [-0.25, -0.2) is 0 Å². The van der Waals surface area contributed by atoms with E-state index in [0.717, 1.165) is 38.2 Å². The van der Waals surface area contributed by atoms with Gasteiger partial charge in [-0.15, -0.1) is 0 Å². The van der Waals surface area contributed by atoms with Gasteiger partial charge in [0.25, 0.3) is 0 Å². The fourth-order valence-electron chi connectivity index (χ4n) is 2.60. The Hall–Kier alpha value is -1.26. The van der Waals surface area contributed by atoms with Crippen molar-refractivity contribution in [3.63, 3.8) is 0 Å². The third kappa shape index (κ3) is 2.76. The highest BCUT2D eigenvalue weighted by molar-refractivity contribution is 5.41. The first-order valence-corrected chi connectivity index (χ1v) is 6.58. The summed E-state index contributed by atoms with van der Waals surface area (Å²) in [4.78, 5) is 2.43. The van der Waals surface area contributed by atoms with E-state index in [1.807, 2.05) is 12.1 Å². The average molecular weight is 250 g/mol. The Labute approximate surface area is 109 Å². The molecule has 18 heavy (non-hydrogen) atoms. The van der Waals surface area contributed by atoms with Gasteiger partial charge in [-0.05, 0) is 12.5 Å². The summed E-state index contributed by atoms with van der Waals surface area (Å²) in [6.07, 6.45) is 1.000. The van der Waals surface area contributed by atoms with Crippen LogP contribution in [0.1, 0.15) is 24.9 Å². The number of hydrogen-bond donors (Lipinski definition) is 2. The van der Waals surface area contributed by atoms with Gasteiger partial charge < -0.3 is 15.2 Å². The Morgan fingerprint density at radius 2 is 2.11 bits per heavy atom. The van der Waals surface area contributed by atoms with Crippen molar-refractivity contribution >= 4 is 0 Å². The first kappa shape index (κ1) is 13.2. The van der Waals surface area contributed by atoms with Crippen LogP contribution in [0.2, 0.25) is 0 Å². The highest BCUT2D eigenvalue weighted by Gasteiger charge is 2.22. The van der Waals surface area contributed by atoms with E-state index in [1.54, 1.807) is 13.2 Å². The van der Waals surface area contributed by atoms with Crippen LogP contribution in [0.5, 0.6) is 11.5 Å². The molecule has 0 radical (unpaired) electrons. The normalized spacial score (nSPS) is 18.6. The van der Waals surface area contributed by atoms with Gasteiger partial charge in [0.1, 0.15) is 11.5 Å². The Morgan fingerprint density at radius 3 is 2.67 bits per heavy atom. The molecule has 0 aliphatic carbocycles. The third-order valence-corrected chi connectivity index (χ3v) is 3.58. The van der Waals surface area contributed by atoms with E-state index in [1.165, 1.54) is 0 Å². The summed E-state index contributed by atoms with van der Waals surface area (Å²) >= 11 is 0. The predicted molar refractivity (Wildman–Crippen MR) is 72.1 cm³/mol. The molecule has 4 heteroatoms. The number of methoxy groups -OCH3 is 1. The van der Waals surface area contributed by atoms with Gasteiger partial charge in [0.2, 0.25) is 0 Å². The lowest BCUT2D eigenvalue weighted by molar-refractivity contribution is 0.167. The number of nitrogens with one attached hydrogen (secondary N) is 1. The van der Waals surface area contributed by atoms with Gasteiger partial charge >= 0.3 is 0 Å². The molecule has 1 saturated heterocycles. The molecule has 0 saturated carbocycles. The number of benzene rings is 1. The number of piperazine rings is 1. The van der Waals surface area contributed by atoms with Gasteiger partial charge in [0.05, 0.1) is 7.11 Å². The first-order chi connectivity index (χ1) is 8.76. The zero-order chi connectivity index (χ0) is 13.0. The van der Waals surface area contributed by atoms with Gasteiger partial charge in [-0.3, -0.25) is 4.90 Å². The first-order valence-electron chi connectivity index (χ1n) is 6.58. The van der Waals surface area contributed by atoms with Crippen LogP contribution >= 0.6 is 0 Å². The number of nitrogens with zero attached hydrogens (tertiary/aromatic N) is 1. The predicted octanol–water partition coefficient (Wildman–Crippen LogP) is 1.76. The number of ether oxygens (including phenoxy) is 1. The van der Waals surface area contributed by atoms with Crippen molar-refractivity contribution in [3.05, 3.63) is 23.8 Å². The molecule has 0 unspecified atom stereocenters. The minimum absolute atomic E-state index is 0.290. The van der Waals surface area contributed by atoms with E-state index in [0.29, 0.717) is 11.5 Å². The molecule has 1 atom stereocenters. The maximum atomic E-state index is 10.1. The van der Waals surface area contributed by atoms with Crippen LogP contribution in [0.25, 0.3) is 0 Å². The van der Waals surface area contributed by atoms with Crippen LogP contribution in [0.15, 0.2) is 18.2 Å². The lowest BCUT2D eigenvalue weighted by Crippen LogP contribution is -2.45. The molecule has 1 heterocycles. The van der Waals surface area contributed by atoms with Crippen LogP contribution in [-0.4, -0.2) is 43.3 Å². The fraction of sp³-hybridized carbons (Fsp3) is 0.571. The summed E-state index contributed by atoms with van der Waals surface area (Å²) in [6.45, 7) is 6.27. The zero-order valence-electron chi connectivity index (χ0n) is 11.1. The van der Waals surface area contributed by atoms with Crippen molar-refractivity contribution in [2.24, 2.45) is 0 Å². The van der Waals surface area contributed by atoms with Crippen LogP contribution in [0, 0.1) is 0 Å². The molecule has 0 amide bonds. The molecule has 0 spiro atoms. The fourth-order valence-corrected chi connectivity index (χ4v) is 2.60. The van der Waals surface area contributed by atoms with Gasteiger partial charge in [-0.1, -0.05) is 13.0 Å². The van der Waals surface area contributed by atoms with E-state index in [4.69, 9.17) is 4.74 Å². The van der Waals surface area contributed by atoms with Crippen molar-refractivity contribution in [2.45, 2.75) is 19.4 Å². The van der Waals surface area contributed by atoms with E-state index < -0.39 is 0 Å². The van der Waals surface area contributed by atoms with Gasteiger partial charge in [0.15, 0.2) is 0 Å². The van der Waals surface area contributed by atoms with Crippen LogP contribution in [0.4, 0.5) is 0 Å². The molecule has 2 N–H and O–H groups in total. The van der Waals surface area contributed by atoms with Gasteiger partial charge in [0, 0.05) is 43.9 Å². The van der Waals surface area contributed by atoms with E-state index in [9.17, 15) is 5.11 Å². The second-order valence-electron chi connectivity index (χ2n) is 4.63. The monoisotopic (exact) mass is 250 g/mol. The van der Waals surface area contributed by atoms with Crippen molar-refractivity contribution in [3.8, 4) is 11.5 Å². The maximum Gasteiger partial charge on any atom is 0.124 e. The molecule has 2 rings (SSSR count). The lowest BCUT2D eigenvalue weighted by Gasteiger charge is -2.35. The summed E-state index contributed by atoms with van der Waals surface area (Å²) in [6, 6.07) is 5.88. The molecule has 1 aliphatic rings. The molecule has 4 nitrogen and oxygen atoms in total. The number of phenols is 1. The van der Waals surface area contributed by atoms with Crippen LogP contribution in [-0.2, 0) is 0 Å². The molecule has 1 aromatic carbocycles. The number of rotatable bonds is 4. The Bertz CT molecular complexity index is 389. The summed E-state index contributed by atoms with van der Waals surface area (Å²) < 4.78 is 5.13. The molecule has 1 aromatic rings. The topological polar surface area (TPSA) is 44.7 Å². The molecule has 100 valence electrons. The maximum absolute atomic E-state index is 10.1. The average Bonchev–Trinajstić information content (AvgIpc) is 2.42. The molecular formula is C14H22N2O2. The largest absolute Gasteiger partial charge is 0.507 e. The zero-order valence-corrected chi connectivity index (χ0v) is 11.1. The Balaban J connectivity index is 2.20. The summed E-state index contributed by atoms with van der Waals surface area (Å²) in [7, 11) is 1.61. The molecule has 1 aliphatic heterocycles. The van der Waals surface area contributed by atoms with Crippen molar-refractivity contribution in [1.29, 1.82) is 0 Å². The molecule has 0 bridgehead atoms. The molecule has 1 fully saturated rings. The number of hydrogen-bond acceptors (Lipinski definition) is 4. The minimum Gasteiger partial charge on any atom is -0.507 e. The van der Waals surface area contributed by atoms with Crippen molar-refractivity contribution < 1.29 is 9.84 Å². The second-order valence-corrected chi connectivity index (χ2v) is 4.63.